The van der Waals surface area contributed by atoms with Gasteiger partial charge in [0.15, 0.2) is 0 Å². The summed E-state index contributed by atoms with van der Waals surface area (Å²) in [5.74, 6) is -0.420. The van der Waals surface area contributed by atoms with Gasteiger partial charge in [0, 0.05) is 11.3 Å². The van der Waals surface area contributed by atoms with Gasteiger partial charge in [-0.05, 0) is 48.2 Å². The number of carbonyl (C=O) groups is 2. The van der Waals surface area contributed by atoms with Crippen molar-refractivity contribution in [2.24, 2.45) is 5.10 Å². The fraction of sp³-hybridized carbons (Fsp3) is 0.0500. The molecule has 26 heavy (non-hydrogen) atoms. The largest absolute Gasteiger partial charge is 0.321 e. The van der Waals surface area contributed by atoms with E-state index in [1.807, 2.05) is 41.8 Å². The van der Waals surface area contributed by atoms with Crippen LogP contribution in [0.15, 0.2) is 77.2 Å². The van der Waals surface area contributed by atoms with Gasteiger partial charge in [0.1, 0.15) is 0 Å². The van der Waals surface area contributed by atoms with Crippen LogP contribution in [0.2, 0.25) is 0 Å². The zero-order valence-corrected chi connectivity index (χ0v) is 14.9. The van der Waals surface area contributed by atoms with E-state index >= 15 is 0 Å². The van der Waals surface area contributed by atoms with E-state index in [0.29, 0.717) is 21.8 Å². The van der Waals surface area contributed by atoms with Crippen molar-refractivity contribution in [1.29, 1.82) is 0 Å². The third-order valence-electron chi connectivity index (χ3n) is 3.64. The number of amides is 2. The highest BCUT2D eigenvalue weighted by molar-refractivity contribution is 7.12. The Morgan fingerprint density at radius 1 is 0.885 bits per heavy atom. The van der Waals surface area contributed by atoms with E-state index in [9.17, 15) is 9.59 Å². The predicted molar refractivity (Wildman–Crippen MR) is 105 cm³/mol. The quantitative estimate of drug-likeness (QED) is 0.528. The number of hydrazone groups is 1. The monoisotopic (exact) mass is 363 g/mol. The second kappa shape index (κ2) is 8.22. The molecule has 0 atom stereocenters. The lowest BCUT2D eigenvalue weighted by atomic mass is 10.1. The summed E-state index contributed by atoms with van der Waals surface area (Å²) in [6.45, 7) is 1.80. The molecule has 0 radical (unpaired) electrons. The number of rotatable bonds is 5. The van der Waals surface area contributed by atoms with Gasteiger partial charge in [-0.2, -0.15) is 5.10 Å². The van der Waals surface area contributed by atoms with Crippen molar-refractivity contribution in [1.82, 2.24) is 5.43 Å². The number of anilines is 1. The minimum atomic E-state index is -0.271. The van der Waals surface area contributed by atoms with Crippen molar-refractivity contribution in [2.45, 2.75) is 6.92 Å². The van der Waals surface area contributed by atoms with Crippen molar-refractivity contribution >= 4 is 34.6 Å². The van der Waals surface area contributed by atoms with Crippen molar-refractivity contribution in [3.05, 3.63) is 88.1 Å². The minimum absolute atomic E-state index is 0.149. The number of hydrogen-bond acceptors (Lipinski definition) is 4. The first-order valence-corrected chi connectivity index (χ1v) is 8.86. The van der Waals surface area contributed by atoms with E-state index < -0.39 is 0 Å². The molecule has 2 N–H and O–H groups in total. The van der Waals surface area contributed by atoms with Crippen LogP contribution in [0, 0.1) is 0 Å². The van der Waals surface area contributed by atoms with Crippen LogP contribution in [0.5, 0.6) is 0 Å². The van der Waals surface area contributed by atoms with Crippen LogP contribution < -0.4 is 10.7 Å². The molecule has 0 saturated carbocycles. The lowest BCUT2D eigenvalue weighted by Crippen LogP contribution is -2.19. The molecular weight excluding hydrogens is 346 g/mol. The smallest absolute Gasteiger partial charge is 0.271 e. The highest BCUT2D eigenvalue weighted by atomic mass is 32.1. The van der Waals surface area contributed by atoms with Gasteiger partial charge in [-0.3, -0.25) is 9.59 Å². The van der Waals surface area contributed by atoms with Gasteiger partial charge in [-0.15, -0.1) is 11.3 Å². The van der Waals surface area contributed by atoms with Crippen molar-refractivity contribution in [3.8, 4) is 0 Å². The Kier molecular flexibility index (Phi) is 5.56. The molecule has 5 nitrogen and oxygen atoms in total. The second-order valence-electron chi connectivity index (χ2n) is 5.52. The molecule has 0 aliphatic rings. The van der Waals surface area contributed by atoms with Crippen LogP contribution in [-0.4, -0.2) is 17.5 Å². The maximum atomic E-state index is 12.1. The van der Waals surface area contributed by atoms with Crippen LogP contribution in [-0.2, 0) is 0 Å². The fourth-order valence-electron chi connectivity index (χ4n) is 2.28. The number of hydrogen-bond donors (Lipinski definition) is 2. The first-order valence-electron chi connectivity index (χ1n) is 7.98. The van der Waals surface area contributed by atoms with Crippen LogP contribution in [0.4, 0.5) is 5.69 Å². The van der Waals surface area contributed by atoms with Gasteiger partial charge in [-0.25, -0.2) is 5.43 Å². The molecule has 6 heteroatoms. The molecule has 0 saturated heterocycles. The summed E-state index contributed by atoms with van der Waals surface area (Å²) in [5, 5.41) is 8.87. The summed E-state index contributed by atoms with van der Waals surface area (Å²) >= 11 is 1.39. The Labute approximate surface area is 155 Å². The van der Waals surface area contributed by atoms with Crippen LogP contribution >= 0.6 is 11.3 Å². The highest BCUT2D eigenvalue weighted by Gasteiger charge is 2.08. The number of carbonyl (C=O) groups excluding carboxylic acids is 2. The molecule has 3 rings (SSSR count). The molecule has 0 bridgehead atoms. The van der Waals surface area contributed by atoms with E-state index in [1.165, 1.54) is 11.3 Å². The number of nitrogens with one attached hydrogen (secondary N) is 2. The van der Waals surface area contributed by atoms with Gasteiger partial charge in [0.2, 0.25) is 0 Å². The standard InChI is InChI=1S/C20H17N3O2S/c1-14(22-23-19(24)15-7-3-2-4-8-15)16-9-5-10-17(13-16)21-20(25)18-11-6-12-26-18/h2-13H,1H3,(H,21,25)(H,23,24). The number of nitrogens with zero attached hydrogens (tertiary/aromatic N) is 1. The summed E-state index contributed by atoms with van der Waals surface area (Å²) in [6.07, 6.45) is 0. The Morgan fingerprint density at radius 2 is 1.65 bits per heavy atom. The molecule has 2 amide bonds. The third-order valence-corrected chi connectivity index (χ3v) is 4.51. The molecule has 0 aliphatic heterocycles. The second-order valence-corrected chi connectivity index (χ2v) is 6.46. The Morgan fingerprint density at radius 3 is 2.38 bits per heavy atom. The van der Waals surface area contributed by atoms with Gasteiger partial charge < -0.3 is 5.32 Å². The van der Waals surface area contributed by atoms with Crippen LogP contribution in [0.25, 0.3) is 0 Å². The van der Waals surface area contributed by atoms with E-state index in [4.69, 9.17) is 0 Å². The Bertz CT molecular complexity index is 935. The van der Waals surface area contributed by atoms with Crippen molar-refractivity contribution < 1.29 is 9.59 Å². The van der Waals surface area contributed by atoms with Gasteiger partial charge >= 0.3 is 0 Å². The molecule has 130 valence electrons. The van der Waals surface area contributed by atoms with Crippen molar-refractivity contribution in [2.75, 3.05) is 5.32 Å². The summed E-state index contributed by atoms with van der Waals surface area (Å²) in [4.78, 5) is 24.8. The van der Waals surface area contributed by atoms with E-state index in [0.717, 1.165) is 5.56 Å². The predicted octanol–water partition coefficient (Wildman–Crippen LogP) is 4.15. The molecule has 0 aliphatic carbocycles. The molecule has 3 aromatic rings. The lowest BCUT2D eigenvalue weighted by molar-refractivity contribution is 0.0954. The minimum Gasteiger partial charge on any atom is -0.321 e. The zero-order valence-electron chi connectivity index (χ0n) is 14.1. The van der Waals surface area contributed by atoms with Gasteiger partial charge in [0.05, 0.1) is 10.6 Å². The number of benzene rings is 2. The molecule has 0 unspecified atom stereocenters. The topological polar surface area (TPSA) is 70.6 Å². The van der Waals surface area contributed by atoms with Gasteiger partial charge in [0.25, 0.3) is 11.8 Å². The van der Waals surface area contributed by atoms with Crippen molar-refractivity contribution in [3.63, 3.8) is 0 Å². The summed E-state index contributed by atoms with van der Waals surface area (Å²) in [5.41, 5.74) is 5.20. The van der Waals surface area contributed by atoms with Crippen LogP contribution in [0.1, 0.15) is 32.5 Å². The first-order chi connectivity index (χ1) is 12.6. The zero-order chi connectivity index (χ0) is 18.4. The summed E-state index contributed by atoms with van der Waals surface area (Å²) in [7, 11) is 0. The maximum Gasteiger partial charge on any atom is 0.271 e. The summed E-state index contributed by atoms with van der Waals surface area (Å²) in [6, 6.07) is 19.8. The van der Waals surface area contributed by atoms with E-state index in [1.54, 1.807) is 37.3 Å². The Balaban J connectivity index is 1.68. The molecule has 1 aromatic heterocycles. The SMILES string of the molecule is CC(=NNC(=O)c1ccccc1)c1cccc(NC(=O)c2cccs2)c1. The number of thiophene rings is 1. The molecule has 0 spiro atoms. The highest BCUT2D eigenvalue weighted by Crippen LogP contribution is 2.15. The molecular formula is C20H17N3O2S. The third kappa shape index (κ3) is 4.43. The van der Waals surface area contributed by atoms with E-state index in [-0.39, 0.29) is 11.8 Å². The normalized spacial score (nSPS) is 11.0. The fourth-order valence-corrected chi connectivity index (χ4v) is 2.89. The van der Waals surface area contributed by atoms with Gasteiger partial charge in [-0.1, -0.05) is 36.4 Å². The average molecular weight is 363 g/mol. The van der Waals surface area contributed by atoms with E-state index in [2.05, 4.69) is 15.8 Å². The lowest BCUT2D eigenvalue weighted by Gasteiger charge is -2.07. The molecule has 2 aromatic carbocycles. The molecule has 0 fully saturated rings. The first kappa shape index (κ1) is 17.6. The summed E-state index contributed by atoms with van der Waals surface area (Å²) < 4.78 is 0. The molecule has 1 heterocycles. The Hall–Kier alpha value is -3.25. The average Bonchev–Trinajstić information content (AvgIpc) is 3.22. The maximum absolute atomic E-state index is 12.1. The van der Waals surface area contributed by atoms with Crippen LogP contribution in [0.3, 0.4) is 0 Å².